The fraction of sp³-hybridized carbons (Fsp3) is 0.533. The second-order valence-corrected chi connectivity index (χ2v) is 5.11. The van der Waals surface area contributed by atoms with E-state index in [2.05, 4.69) is 5.32 Å². The Morgan fingerprint density at radius 1 is 1.35 bits per heavy atom. The van der Waals surface area contributed by atoms with Crippen molar-refractivity contribution in [2.45, 2.75) is 38.5 Å². The van der Waals surface area contributed by atoms with Gasteiger partial charge in [-0.1, -0.05) is 12.1 Å². The van der Waals surface area contributed by atoms with Crippen molar-refractivity contribution in [2.24, 2.45) is 5.73 Å². The Hall–Kier alpha value is -1.43. The average molecular weight is 278 g/mol. The molecule has 1 aliphatic heterocycles. The number of carbonyl (C=O) groups is 1. The number of carbonyl (C=O) groups excluding carboxylic acids is 1. The van der Waals surface area contributed by atoms with Gasteiger partial charge in [0.15, 0.2) is 6.29 Å². The molecule has 0 saturated carbocycles. The molecular formula is C15H22N2O3. The van der Waals surface area contributed by atoms with Crippen molar-refractivity contribution in [3.63, 3.8) is 0 Å². The zero-order chi connectivity index (χ0) is 14.4. The van der Waals surface area contributed by atoms with Crippen molar-refractivity contribution in [2.75, 3.05) is 18.5 Å². The van der Waals surface area contributed by atoms with Crippen molar-refractivity contribution in [1.82, 2.24) is 0 Å². The summed E-state index contributed by atoms with van der Waals surface area (Å²) in [5.41, 5.74) is 7.41. The van der Waals surface area contributed by atoms with Crippen molar-refractivity contribution in [1.29, 1.82) is 0 Å². The number of hydrogen-bond donors (Lipinski definition) is 2. The van der Waals surface area contributed by atoms with Crippen LogP contribution in [0.4, 0.5) is 5.69 Å². The lowest BCUT2D eigenvalue weighted by molar-refractivity contribution is -0.116. The lowest BCUT2D eigenvalue weighted by atomic mass is 10.1. The van der Waals surface area contributed by atoms with Crippen LogP contribution in [0.5, 0.6) is 0 Å². The molecular weight excluding hydrogens is 256 g/mol. The predicted octanol–water partition coefficient (Wildman–Crippen LogP) is 2.19. The Balaban J connectivity index is 1.79. The highest BCUT2D eigenvalue weighted by molar-refractivity contribution is 5.90. The minimum atomic E-state index is -0.272. The van der Waals surface area contributed by atoms with E-state index in [0.29, 0.717) is 19.6 Å². The van der Waals surface area contributed by atoms with E-state index in [9.17, 15) is 4.79 Å². The van der Waals surface area contributed by atoms with Crippen LogP contribution < -0.4 is 11.1 Å². The minimum absolute atomic E-state index is 0.0202. The third-order valence-corrected chi connectivity index (χ3v) is 3.15. The van der Waals surface area contributed by atoms with Crippen LogP contribution in [0.25, 0.3) is 0 Å². The lowest BCUT2D eigenvalue weighted by Gasteiger charge is -2.11. The molecule has 110 valence electrons. The Bertz CT molecular complexity index is 425. The molecule has 1 atom stereocenters. The standard InChI is InChI=1S/C15H22N2O3/c1-11(16)3-2-4-14(18)17-13-7-5-12(6-8-13)15-19-9-10-20-15/h5-8,11,15H,2-4,9-10,16H2,1H3,(H,17,18). The quantitative estimate of drug-likeness (QED) is 0.836. The third kappa shape index (κ3) is 4.59. The number of rotatable bonds is 6. The largest absolute Gasteiger partial charge is 0.346 e. The van der Waals surface area contributed by atoms with Crippen molar-refractivity contribution < 1.29 is 14.3 Å². The maximum Gasteiger partial charge on any atom is 0.224 e. The molecule has 1 aliphatic rings. The fourth-order valence-electron chi connectivity index (χ4n) is 2.08. The van der Waals surface area contributed by atoms with Crippen LogP contribution in [-0.4, -0.2) is 25.2 Å². The van der Waals surface area contributed by atoms with Crippen LogP contribution >= 0.6 is 0 Å². The van der Waals surface area contributed by atoms with Crippen molar-refractivity contribution in [3.8, 4) is 0 Å². The molecule has 2 rings (SSSR count). The van der Waals surface area contributed by atoms with Crippen LogP contribution in [0.15, 0.2) is 24.3 Å². The van der Waals surface area contributed by atoms with E-state index in [-0.39, 0.29) is 18.2 Å². The molecule has 1 aromatic rings. The molecule has 1 fully saturated rings. The first-order valence-electron chi connectivity index (χ1n) is 7.04. The average Bonchev–Trinajstić information content (AvgIpc) is 2.93. The second-order valence-electron chi connectivity index (χ2n) is 5.11. The molecule has 1 heterocycles. The Morgan fingerprint density at radius 3 is 2.60 bits per heavy atom. The number of amides is 1. The summed E-state index contributed by atoms with van der Waals surface area (Å²) in [6.45, 7) is 3.20. The van der Waals surface area contributed by atoms with Gasteiger partial charge in [-0.3, -0.25) is 4.79 Å². The maximum absolute atomic E-state index is 11.7. The molecule has 20 heavy (non-hydrogen) atoms. The SMILES string of the molecule is CC(N)CCCC(=O)Nc1ccc(C2OCCO2)cc1. The molecule has 5 nitrogen and oxygen atoms in total. The maximum atomic E-state index is 11.7. The first-order valence-corrected chi connectivity index (χ1v) is 7.04. The van der Waals surface area contributed by atoms with Crippen LogP contribution in [-0.2, 0) is 14.3 Å². The zero-order valence-electron chi connectivity index (χ0n) is 11.8. The molecule has 1 unspecified atom stereocenters. The summed E-state index contributed by atoms with van der Waals surface area (Å²) < 4.78 is 10.8. The van der Waals surface area contributed by atoms with Gasteiger partial charge in [0.1, 0.15) is 0 Å². The van der Waals surface area contributed by atoms with E-state index in [0.717, 1.165) is 24.1 Å². The predicted molar refractivity (Wildman–Crippen MR) is 77.2 cm³/mol. The number of ether oxygens (including phenoxy) is 2. The summed E-state index contributed by atoms with van der Waals surface area (Å²) in [7, 11) is 0. The van der Waals surface area contributed by atoms with Crippen molar-refractivity contribution in [3.05, 3.63) is 29.8 Å². The van der Waals surface area contributed by atoms with E-state index in [1.807, 2.05) is 31.2 Å². The molecule has 0 spiro atoms. The van der Waals surface area contributed by atoms with Gasteiger partial charge in [0.2, 0.25) is 5.91 Å². The number of benzene rings is 1. The van der Waals surface area contributed by atoms with Crippen LogP contribution in [0.2, 0.25) is 0 Å². The first-order chi connectivity index (χ1) is 9.65. The Labute approximate surface area is 119 Å². The highest BCUT2D eigenvalue weighted by atomic mass is 16.7. The number of hydrogen-bond acceptors (Lipinski definition) is 4. The monoisotopic (exact) mass is 278 g/mol. The summed E-state index contributed by atoms with van der Waals surface area (Å²) in [6.07, 6.45) is 1.90. The summed E-state index contributed by atoms with van der Waals surface area (Å²) >= 11 is 0. The third-order valence-electron chi connectivity index (χ3n) is 3.15. The van der Waals surface area contributed by atoms with Gasteiger partial charge < -0.3 is 20.5 Å². The normalized spacial score (nSPS) is 17.1. The number of nitrogens with one attached hydrogen (secondary N) is 1. The van der Waals surface area contributed by atoms with E-state index >= 15 is 0 Å². The molecule has 1 amide bonds. The molecule has 0 radical (unpaired) electrons. The summed E-state index contributed by atoms with van der Waals surface area (Å²) in [5, 5.41) is 2.87. The first kappa shape index (κ1) is 15.0. The molecule has 0 aromatic heterocycles. The van der Waals surface area contributed by atoms with Crippen molar-refractivity contribution >= 4 is 11.6 Å². The van der Waals surface area contributed by atoms with Gasteiger partial charge in [0, 0.05) is 23.7 Å². The number of anilines is 1. The molecule has 5 heteroatoms. The van der Waals surface area contributed by atoms with E-state index < -0.39 is 0 Å². The van der Waals surface area contributed by atoms with Crippen LogP contribution in [0.1, 0.15) is 38.0 Å². The van der Waals surface area contributed by atoms with Crippen LogP contribution in [0, 0.1) is 0 Å². The Kier molecular flexibility index (Phi) is 5.52. The fourth-order valence-corrected chi connectivity index (χ4v) is 2.08. The zero-order valence-corrected chi connectivity index (χ0v) is 11.8. The van der Waals surface area contributed by atoms with Gasteiger partial charge in [-0.25, -0.2) is 0 Å². The van der Waals surface area contributed by atoms with E-state index in [1.165, 1.54) is 0 Å². The van der Waals surface area contributed by atoms with E-state index in [1.54, 1.807) is 0 Å². The highest BCUT2D eigenvalue weighted by Crippen LogP contribution is 2.24. The molecule has 1 aromatic carbocycles. The van der Waals surface area contributed by atoms with Gasteiger partial charge in [-0.2, -0.15) is 0 Å². The molecule has 3 N–H and O–H groups in total. The molecule has 1 saturated heterocycles. The topological polar surface area (TPSA) is 73.6 Å². The lowest BCUT2D eigenvalue weighted by Crippen LogP contribution is -2.16. The van der Waals surface area contributed by atoms with Gasteiger partial charge in [0.25, 0.3) is 0 Å². The smallest absolute Gasteiger partial charge is 0.224 e. The van der Waals surface area contributed by atoms with Gasteiger partial charge >= 0.3 is 0 Å². The summed E-state index contributed by atoms with van der Waals surface area (Å²) in [6, 6.07) is 7.70. The van der Waals surface area contributed by atoms with Gasteiger partial charge in [-0.15, -0.1) is 0 Å². The molecule has 0 bridgehead atoms. The highest BCUT2D eigenvalue weighted by Gasteiger charge is 2.17. The molecule has 0 aliphatic carbocycles. The number of nitrogens with two attached hydrogens (primary N) is 1. The Morgan fingerprint density at radius 2 is 2.00 bits per heavy atom. The van der Waals surface area contributed by atoms with Crippen LogP contribution in [0.3, 0.4) is 0 Å². The summed E-state index contributed by atoms with van der Waals surface area (Å²) in [4.78, 5) is 11.7. The van der Waals surface area contributed by atoms with Gasteiger partial charge in [0.05, 0.1) is 13.2 Å². The summed E-state index contributed by atoms with van der Waals surface area (Å²) in [5.74, 6) is 0.0202. The second kappa shape index (κ2) is 7.38. The van der Waals surface area contributed by atoms with Gasteiger partial charge in [-0.05, 0) is 31.9 Å². The van der Waals surface area contributed by atoms with E-state index in [4.69, 9.17) is 15.2 Å². The minimum Gasteiger partial charge on any atom is -0.346 e.